The Hall–Kier alpha value is -1.79. The van der Waals surface area contributed by atoms with Gasteiger partial charge in [0.25, 0.3) is 0 Å². The summed E-state index contributed by atoms with van der Waals surface area (Å²) in [5.41, 5.74) is 0. The van der Waals surface area contributed by atoms with Gasteiger partial charge in [0, 0.05) is 19.0 Å². The van der Waals surface area contributed by atoms with Crippen molar-refractivity contribution in [1.82, 2.24) is 16.0 Å². The molecular weight excluding hydrogens is 226 g/mol. The molecule has 17 heavy (non-hydrogen) atoms. The molecule has 0 spiro atoms. The molecule has 1 aliphatic carbocycles. The number of carbonyl (C=O) groups excluding carboxylic acids is 2. The highest BCUT2D eigenvalue weighted by Gasteiger charge is 2.28. The predicted octanol–water partition coefficient (Wildman–Crippen LogP) is -0.715. The van der Waals surface area contributed by atoms with E-state index in [-0.39, 0.29) is 18.4 Å². The molecule has 0 radical (unpaired) electrons. The van der Waals surface area contributed by atoms with E-state index >= 15 is 0 Å². The Kier molecular flexibility index (Phi) is 4.74. The molecular formula is C10H17N3O4. The van der Waals surface area contributed by atoms with Crippen molar-refractivity contribution in [1.29, 1.82) is 0 Å². The van der Waals surface area contributed by atoms with Crippen molar-refractivity contribution in [2.45, 2.75) is 25.8 Å². The van der Waals surface area contributed by atoms with Crippen LogP contribution in [-0.2, 0) is 9.59 Å². The summed E-state index contributed by atoms with van der Waals surface area (Å²) in [5, 5.41) is 15.9. The molecule has 0 aromatic carbocycles. The van der Waals surface area contributed by atoms with E-state index in [0.717, 1.165) is 12.8 Å². The first-order valence-corrected chi connectivity index (χ1v) is 5.55. The lowest BCUT2D eigenvalue weighted by atomic mass is 10.3. The fraction of sp³-hybridized carbons (Fsp3) is 0.700. The maximum absolute atomic E-state index is 11.2. The zero-order chi connectivity index (χ0) is 12.8. The maximum atomic E-state index is 11.2. The number of carboxylic acids is 1. The Bertz CT molecular complexity index is 315. The number of carboxylic acid groups (broad SMARTS) is 1. The quantitative estimate of drug-likeness (QED) is 0.462. The molecule has 7 nitrogen and oxygen atoms in total. The Labute approximate surface area is 98.9 Å². The number of amides is 3. The Morgan fingerprint density at radius 3 is 2.35 bits per heavy atom. The Morgan fingerprint density at radius 1 is 1.24 bits per heavy atom. The van der Waals surface area contributed by atoms with Crippen LogP contribution in [0.1, 0.15) is 19.8 Å². The maximum Gasteiger partial charge on any atom is 0.325 e. The average molecular weight is 243 g/mol. The highest BCUT2D eigenvalue weighted by Crippen LogP contribution is 2.28. The van der Waals surface area contributed by atoms with Gasteiger partial charge in [0.05, 0.1) is 0 Å². The number of urea groups is 1. The van der Waals surface area contributed by atoms with Gasteiger partial charge in [-0.05, 0) is 19.8 Å². The number of nitrogens with one attached hydrogen (secondary N) is 3. The molecule has 0 aromatic rings. The van der Waals surface area contributed by atoms with E-state index in [0.29, 0.717) is 6.54 Å². The molecule has 0 aliphatic heterocycles. The molecule has 7 heteroatoms. The number of rotatable bonds is 6. The van der Waals surface area contributed by atoms with Crippen LogP contribution in [0.2, 0.25) is 0 Å². The van der Waals surface area contributed by atoms with Crippen LogP contribution in [0, 0.1) is 5.92 Å². The van der Waals surface area contributed by atoms with Gasteiger partial charge in [-0.25, -0.2) is 4.79 Å². The molecule has 1 saturated carbocycles. The van der Waals surface area contributed by atoms with Crippen LogP contribution in [0.3, 0.4) is 0 Å². The van der Waals surface area contributed by atoms with E-state index in [2.05, 4.69) is 16.0 Å². The van der Waals surface area contributed by atoms with Gasteiger partial charge >= 0.3 is 12.0 Å². The van der Waals surface area contributed by atoms with Crippen LogP contribution in [-0.4, -0.2) is 42.1 Å². The lowest BCUT2D eigenvalue weighted by Crippen LogP contribution is -2.46. The highest BCUT2D eigenvalue weighted by molar-refractivity contribution is 5.82. The average Bonchev–Trinajstić information content (AvgIpc) is 3.07. The summed E-state index contributed by atoms with van der Waals surface area (Å²) in [6, 6.07) is -1.49. The molecule has 4 N–H and O–H groups in total. The van der Waals surface area contributed by atoms with Crippen LogP contribution in [0.25, 0.3) is 0 Å². The summed E-state index contributed by atoms with van der Waals surface area (Å²) < 4.78 is 0. The third-order valence-electron chi connectivity index (χ3n) is 2.38. The lowest BCUT2D eigenvalue weighted by molar-refractivity contribution is -0.138. The van der Waals surface area contributed by atoms with Gasteiger partial charge in [-0.1, -0.05) is 0 Å². The molecule has 0 unspecified atom stereocenters. The van der Waals surface area contributed by atoms with E-state index in [1.807, 2.05) is 0 Å². The van der Waals surface area contributed by atoms with Gasteiger partial charge in [-0.15, -0.1) is 0 Å². The summed E-state index contributed by atoms with van der Waals surface area (Å²) >= 11 is 0. The second-order valence-electron chi connectivity index (χ2n) is 4.03. The van der Waals surface area contributed by atoms with Gasteiger partial charge < -0.3 is 21.1 Å². The zero-order valence-electron chi connectivity index (χ0n) is 9.66. The number of carbonyl (C=O) groups is 3. The second-order valence-corrected chi connectivity index (χ2v) is 4.03. The van der Waals surface area contributed by atoms with E-state index in [1.165, 1.54) is 6.92 Å². The lowest BCUT2D eigenvalue weighted by Gasteiger charge is -2.10. The summed E-state index contributed by atoms with van der Waals surface area (Å²) in [5.74, 6) is -0.927. The van der Waals surface area contributed by atoms with Gasteiger partial charge in [0.2, 0.25) is 5.91 Å². The molecule has 1 atom stereocenters. The van der Waals surface area contributed by atoms with Crippen LogP contribution in [0.15, 0.2) is 0 Å². The summed E-state index contributed by atoms with van der Waals surface area (Å²) in [4.78, 5) is 32.8. The summed E-state index contributed by atoms with van der Waals surface area (Å²) in [6.45, 7) is 2.00. The van der Waals surface area contributed by atoms with Crippen molar-refractivity contribution < 1.29 is 19.5 Å². The molecule has 0 bridgehead atoms. The monoisotopic (exact) mass is 243 g/mol. The standard InChI is InChI=1S/C10H17N3O4/c1-6(9(15)16)13-10(17)12-5-4-11-8(14)7-2-3-7/h6-7H,2-5H2,1H3,(H,11,14)(H,15,16)(H2,12,13,17)/t6-/m0/s1. The van der Waals surface area contributed by atoms with E-state index in [4.69, 9.17) is 5.11 Å². The van der Waals surface area contributed by atoms with Gasteiger partial charge in [0.1, 0.15) is 6.04 Å². The molecule has 0 saturated heterocycles. The normalized spacial score (nSPS) is 15.8. The molecule has 1 aliphatic rings. The molecule has 96 valence electrons. The number of hydrogen-bond donors (Lipinski definition) is 4. The topological polar surface area (TPSA) is 108 Å². The minimum Gasteiger partial charge on any atom is -0.480 e. The SMILES string of the molecule is C[C@H](NC(=O)NCCNC(=O)C1CC1)C(=O)O. The van der Waals surface area contributed by atoms with Crippen LogP contribution in [0.4, 0.5) is 4.79 Å². The third kappa shape index (κ3) is 5.19. The van der Waals surface area contributed by atoms with Crippen molar-refractivity contribution in [3.05, 3.63) is 0 Å². The first-order valence-electron chi connectivity index (χ1n) is 5.55. The molecule has 0 heterocycles. The van der Waals surface area contributed by atoms with Gasteiger partial charge in [0.15, 0.2) is 0 Å². The number of aliphatic carboxylic acids is 1. The van der Waals surface area contributed by atoms with Gasteiger partial charge in [-0.2, -0.15) is 0 Å². The Balaban J connectivity index is 2.03. The van der Waals surface area contributed by atoms with Crippen LogP contribution < -0.4 is 16.0 Å². The molecule has 1 rings (SSSR count). The highest BCUT2D eigenvalue weighted by atomic mass is 16.4. The third-order valence-corrected chi connectivity index (χ3v) is 2.38. The van der Waals surface area contributed by atoms with Gasteiger partial charge in [-0.3, -0.25) is 9.59 Å². The first kappa shape index (κ1) is 13.3. The Morgan fingerprint density at radius 2 is 1.82 bits per heavy atom. The summed E-state index contributed by atoms with van der Waals surface area (Å²) in [7, 11) is 0. The second kappa shape index (κ2) is 6.07. The van der Waals surface area contributed by atoms with E-state index < -0.39 is 18.0 Å². The van der Waals surface area contributed by atoms with Crippen molar-refractivity contribution in [2.24, 2.45) is 5.92 Å². The molecule has 3 amide bonds. The largest absolute Gasteiger partial charge is 0.480 e. The minimum atomic E-state index is -1.10. The molecule has 1 fully saturated rings. The summed E-state index contributed by atoms with van der Waals surface area (Å²) in [6.07, 6.45) is 1.88. The zero-order valence-corrected chi connectivity index (χ0v) is 9.66. The van der Waals surface area contributed by atoms with Crippen LogP contribution >= 0.6 is 0 Å². The minimum absolute atomic E-state index is 0.0195. The van der Waals surface area contributed by atoms with E-state index in [1.54, 1.807) is 0 Å². The van der Waals surface area contributed by atoms with Crippen molar-refractivity contribution in [3.63, 3.8) is 0 Å². The van der Waals surface area contributed by atoms with Crippen molar-refractivity contribution in [2.75, 3.05) is 13.1 Å². The first-order chi connectivity index (χ1) is 8.00. The van der Waals surface area contributed by atoms with Crippen LogP contribution in [0.5, 0.6) is 0 Å². The fourth-order valence-corrected chi connectivity index (χ4v) is 1.16. The molecule has 0 aromatic heterocycles. The smallest absolute Gasteiger partial charge is 0.325 e. The number of hydrogen-bond acceptors (Lipinski definition) is 3. The van der Waals surface area contributed by atoms with E-state index in [9.17, 15) is 14.4 Å². The van der Waals surface area contributed by atoms with Crippen molar-refractivity contribution >= 4 is 17.9 Å². The predicted molar refractivity (Wildman–Crippen MR) is 59.4 cm³/mol. The fourth-order valence-electron chi connectivity index (χ4n) is 1.16. The van der Waals surface area contributed by atoms with Crippen molar-refractivity contribution in [3.8, 4) is 0 Å².